The highest BCUT2D eigenvalue weighted by Crippen LogP contribution is 2.11. The fourth-order valence-corrected chi connectivity index (χ4v) is 1.11. The van der Waals surface area contributed by atoms with Gasteiger partial charge in [-0.1, -0.05) is 0 Å². The number of nitrogens with two attached hydrogens (primary N) is 1. The lowest BCUT2D eigenvalue weighted by Gasteiger charge is -1.99. The topological polar surface area (TPSA) is 81.8 Å². The lowest BCUT2D eigenvalue weighted by atomic mass is 10.2. The van der Waals surface area contributed by atoms with Gasteiger partial charge in [0.25, 0.3) is 5.91 Å². The molecule has 0 aliphatic rings. The molecule has 0 atom stereocenters. The van der Waals surface area contributed by atoms with Crippen LogP contribution < -0.4 is 5.73 Å². The minimum absolute atomic E-state index is 0.299. The van der Waals surface area contributed by atoms with Crippen molar-refractivity contribution in [3.8, 4) is 11.4 Å². The van der Waals surface area contributed by atoms with Crippen LogP contribution in [-0.2, 0) is 0 Å². The van der Waals surface area contributed by atoms with E-state index in [0.717, 1.165) is 5.56 Å². The molecular weight excluding hydrogens is 192 g/mol. The maximum atomic E-state index is 10.8. The Morgan fingerprint density at radius 2 is 1.73 bits per heavy atom. The van der Waals surface area contributed by atoms with Gasteiger partial charge in [-0.3, -0.25) is 9.78 Å². The molecule has 0 bridgehead atoms. The van der Waals surface area contributed by atoms with E-state index in [1.165, 1.54) is 12.4 Å². The highest BCUT2D eigenvalue weighted by Gasteiger charge is 2.03. The van der Waals surface area contributed by atoms with Crippen LogP contribution in [-0.4, -0.2) is 20.9 Å². The van der Waals surface area contributed by atoms with E-state index < -0.39 is 5.91 Å². The van der Waals surface area contributed by atoms with Gasteiger partial charge in [0.05, 0.1) is 5.56 Å². The summed E-state index contributed by atoms with van der Waals surface area (Å²) in [4.78, 5) is 22.7. The van der Waals surface area contributed by atoms with Gasteiger partial charge >= 0.3 is 0 Å². The molecule has 0 aromatic carbocycles. The quantitative estimate of drug-likeness (QED) is 0.771. The van der Waals surface area contributed by atoms with Crippen molar-refractivity contribution in [2.45, 2.75) is 0 Å². The summed E-state index contributed by atoms with van der Waals surface area (Å²) in [6, 6.07) is 3.58. The minimum Gasteiger partial charge on any atom is -0.366 e. The summed E-state index contributed by atoms with van der Waals surface area (Å²) in [5.74, 6) is 0.0127. The molecule has 2 rings (SSSR count). The number of aromatic nitrogens is 3. The zero-order chi connectivity index (χ0) is 10.7. The van der Waals surface area contributed by atoms with Crippen molar-refractivity contribution >= 4 is 5.91 Å². The first-order valence-corrected chi connectivity index (χ1v) is 4.29. The molecule has 0 fully saturated rings. The van der Waals surface area contributed by atoms with Crippen molar-refractivity contribution < 1.29 is 4.79 Å². The highest BCUT2D eigenvalue weighted by atomic mass is 16.1. The van der Waals surface area contributed by atoms with E-state index in [1.54, 1.807) is 24.5 Å². The molecule has 0 saturated heterocycles. The second kappa shape index (κ2) is 3.83. The van der Waals surface area contributed by atoms with Crippen LogP contribution in [0.3, 0.4) is 0 Å². The summed E-state index contributed by atoms with van der Waals surface area (Å²) in [6.45, 7) is 0. The molecule has 15 heavy (non-hydrogen) atoms. The summed E-state index contributed by atoms with van der Waals surface area (Å²) in [7, 11) is 0. The second-order valence-electron chi connectivity index (χ2n) is 2.90. The molecule has 2 aromatic rings. The van der Waals surface area contributed by atoms with E-state index in [9.17, 15) is 4.79 Å². The van der Waals surface area contributed by atoms with Crippen LogP contribution in [0.4, 0.5) is 0 Å². The predicted molar refractivity (Wildman–Crippen MR) is 53.8 cm³/mol. The van der Waals surface area contributed by atoms with Crippen LogP contribution in [0, 0.1) is 0 Å². The molecule has 5 heteroatoms. The van der Waals surface area contributed by atoms with Gasteiger partial charge in [-0.25, -0.2) is 9.97 Å². The molecule has 0 unspecified atom stereocenters. The number of hydrogen-bond acceptors (Lipinski definition) is 4. The van der Waals surface area contributed by atoms with Crippen molar-refractivity contribution in [1.82, 2.24) is 15.0 Å². The molecule has 74 valence electrons. The fraction of sp³-hybridized carbons (Fsp3) is 0. The number of carbonyl (C=O) groups excluding carboxylic acids is 1. The van der Waals surface area contributed by atoms with Gasteiger partial charge in [-0.15, -0.1) is 0 Å². The smallest absolute Gasteiger partial charge is 0.251 e. The van der Waals surface area contributed by atoms with E-state index in [4.69, 9.17) is 5.73 Å². The summed E-state index contributed by atoms with van der Waals surface area (Å²) < 4.78 is 0. The average Bonchev–Trinajstić information content (AvgIpc) is 2.30. The zero-order valence-corrected chi connectivity index (χ0v) is 7.79. The standard InChI is InChI=1S/C10H8N4O/c11-9(15)8-5-13-10(14-6-8)7-1-3-12-4-2-7/h1-6H,(H2,11,15). The largest absolute Gasteiger partial charge is 0.366 e. The van der Waals surface area contributed by atoms with Gasteiger partial charge in [-0.2, -0.15) is 0 Å². The Hall–Kier alpha value is -2.30. The third kappa shape index (κ3) is 1.96. The number of primary amides is 1. The van der Waals surface area contributed by atoms with Crippen LogP contribution in [0.1, 0.15) is 10.4 Å². The van der Waals surface area contributed by atoms with Crippen LogP contribution in [0.25, 0.3) is 11.4 Å². The first-order valence-electron chi connectivity index (χ1n) is 4.29. The van der Waals surface area contributed by atoms with Gasteiger partial charge in [0.1, 0.15) is 0 Å². The predicted octanol–water partition coefficient (Wildman–Crippen LogP) is 0.637. The molecule has 0 radical (unpaired) electrons. The van der Waals surface area contributed by atoms with Crippen molar-refractivity contribution in [2.75, 3.05) is 0 Å². The SMILES string of the molecule is NC(=O)c1cnc(-c2ccncc2)nc1. The van der Waals surface area contributed by atoms with E-state index in [0.29, 0.717) is 11.4 Å². The number of pyridine rings is 1. The third-order valence-electron chi connectivity index (χ3n) is 1.87. The number of hydrogen-bond donors (Lipinski definition) is 1. The molecular formula is C10H8N4O. The van der Waals surface area contributed by atoms with E-state index in [1.807, 2.05) is 0 Å². The summed E-state index contributed by atoms with van der Waals surface area (Å²) in [6.07, 6.45) is 6.12. The number of amides is 1. The van der Waals surface area contributed by atoms with Gasteiger partial charge in [0.15, 0.2) is 5.82 Å². The Morgan fingerprint density at radius 3 is 2.27 bits per heavy atom. The monoisotopic (exact) mass is 200 g/mol. The summed E-state index contributed by atoms with van der Waals surface area (Å²) in [5.41, 5.74) is 6.22. The lowest BCUT2D eigenvalue weighted by molar-refractivity contribution is 0.0999. The minimum atomic E-state index is -0.531. The van der Waals surface area contributed by atoms with E-state index >= 15 is 0 Å². The zero-order valence-electron chi connectivity index (χ0n) is 7.79. The first kappa shape index (κ1) is 9.26. The average molecular weight is 200 g/mol. The maximum Gasteiger partial charge on any atom is 0.251 e. The maximum absolute atomic E-state index is 10.8. The molecule has 5 nitrogen and oxygen atoms in total. The van der Waals surface area contributed by atoms with Crippen molar-refractivity contribution in [1.29, 1.82) is 0 Å². The fourth-order valence-electron chi connectivity index (χ4n) is 1.11. The van der Waals surface area contributed by atoms with Gasteiger partial charge in [-0.05, 0) is 12.1 Å². The Balaban J connectivity index is 2.36. The van der Waals surface area contributed by atoms with Gasteiger partial charge in [0.2, 0.25) is 0 Å². The Labute approximate surface area is 86.0 Å². The molecule has 2 heterocycles. The highest BCUT2D eigenvalue weighted by molar-refractivity contribution is 5.92. The van der Waals surface area contributed by atoms with Gasteiger partial charge in [0, 0.05) is 30.4 Å². The molecule has 1 amide bonds. The number of carbonyl (C=O) groups is 1. The van der Waals surface area contributed by atoms with Crippen LogP contribution in [0.2, 0.25) is 0 Å². The van der Waals surface area contributed by atoms with E-state index in [-0.39, 0.29) is 0 Å². The molecule has 0 spiro atoms. The number of rotatable bonds is 2. The van der Waals surface area contributed by atoms with E-state index in [2.05, 4.69) is 15.0 Å². The van der Waals surface area contributed by atoms with Crippen molar-refractivity contribution in [3.63, 3.8) is 0 Å². The Kier molecular flexibility index (Phi) is 2.37. The second-order valence-corrected chi connectivity index (χ2v) is 2.90. The molecule has 0 aliphatic heterocycles. The van der Waals surface area contributed by atoms with Crippen molar-refractivity contribution in [3.05, 3.63) is 42.5 Å². The molecule has 0 aliphatic carbocycles. The van der Waals surface area contributed by atoms with Crippen LogP contribution >= 0.6 is 0 Å². The first-order chi connectivity index (χ1) is 7.27. The summed E-state index contributed by atoms with van der Waals surface area (Å²) >= 11 is 0. The molecule has 2 N–H and O–H groups in total. The molecule has 2 aromatic heterocycles. The van der Waals surface area contributed by atoms with Gasteiger partial charge < -0.3 is 5.73 Å². The lowest BCUT2D eigenvalue weighted by Crippen LogP contribution is -2.11. The summed E-state index contributed by atoms with van der Waals surface area (Å²) in [5, 5.41) is 0. The Bertz CT molecular complexity index is 467. The number of nitrogens with zero attached hydrogens (tertiary/aromatic N) is 3. The van der Waals surface area contributed by atoms with Crippen LogP contribution in [0.5, 0.6) is 0 Å². The Morgan fingerprint density at radius 1 is 1.13 bits per heavy atom. The van der Waals surface area contributed by atoms with Crippen molar-refractivity contribution in [2.24, 2.45) is 5.73 Å². The third-order valence-corrected chi connectivity index (χ3v) is 1.87. The normalized spacial score (nSPS) is 9.87. The van der Waals surface area contributed by atoms with Crippen LogP contribution in [0.15, 0.2) is 36.9 Å². The molecule has 0 saturated carbocycles.